The molecule has 53 heavy (non-hydrogen) atoms. The maximum atomic E-state index is 14.6. The summed E-state index contributed by atoms with van der Waals surface area (Å²) in [7, 11) is 0. The highest BCUT2D eigenvalue weighted by molar-refractivity contribution is 6.00. The van der Waals surface area contributed by atoms with Gasteiger partial charge in [-0.25, -0.2) is 0 Å². The molecule has 15 atom stereocenters. The molecule has 0 aromatic carbocycles. The quantitative estimate of drug-likeness (QED) is 0.138. The number of epoxide rings is 1. The topological polar surface area (TPSA) is 149 Å². The number of nitrogens with two attached hydrogens (primary N) is 1. The molecule has 6 fully saturated rings. The zero-order chi connectivity index (χ0) is 37.9. The third kappa shape index (κ3) is 5.94. The minimum atomic E-state index is -1.27. The van der Waals surface area contributed by atoms with Crippen molar-refractivity contribution >= 4 is 5.78 Å². The van der Waals surface area contributed by atoms with E-state index in [0.717, 1.165) is 75.0 Å². The third-order valence-corrected chi connectivity index (χ3v) is 18.4. The molecule has 0 bridgehead atoms. The van der Waals surface area contributed by atoms with Crippen LogP contribution in [0.4, 0.5) is 0 Å². The van der Waals surface area contributed by atoms with Crippen molar-refractivity contribution in [2.45, 2.75) is 198 Å². The van der Waals surface area contributed by atoms with Crippen molar-refractivity contribution in [2.24, 2.45) is 63.4 Å². The van der Waals surface area contributed by atoms with Crippen LogP contribution < -0.4 is 11.1 Å². The Labute approximate surface area is 319 Å². The van der Waals surface area contributed by atoms with E-state index in [2.05, 4.69) is 33.0 Å². The molecule has 0 spiro atoms. The molecule has 8 aliphatic rings. The van der Waals surface area contributed by atoms with Crippen molar-refractivity contribution in [3.63, 3.8) is 0 Å². The number of nitrogens with one attached hydrogen (secondary N) is 1. The zero-order valence-corrected chi connectivity index (χ0v) is 34.0. The Morgan fingerprint density at radius 1 is 0.906 bits per heavy atom. The van der Waals surface area contributed by atoms with E-state index in [1.807, 2.05) is 13.8 Å². The Kier molecular flexibility index (Phi) is 9.81. The summed E-state index contributed by atoms with van der Waals surface area (Å²) in [4.78, 5) is 14.6. The number of piperidine rings is 1. The molecule has 6 aliphatic carbocycles. The number of Topliss-reactive ketones (excluding diaryl/α,β-unsaturated/α-hetero) is 1. The smallest absolute Gasteiger partial charge is 0.162 e. The van der Waals surface area contributed by atoms with E-state index < -0.39 is 45.9 Å². The number of aliphatic hydroxyl groups excluding tert-OH is 1. The van der Waals surface area contributed by atoms with Crippen LogP contribution in [0.25, 0.3) is 0 Å². The molecule has 0 aromatic heterocycles. The SMILES string of the molecule is CC(C)(CCC1CCNC(N)C1)[C@@](C)(O)[C@H]1O[C@H]1[C@](C)(O)[C@H]1C[C@@H]2CCC3=C4[C@H]([C@H](CCC5CCCCC5)C[C@]1(C)[C@]42O)[C@@]1(C)CC[C@H](O)C[C@H]1C3=O. The number of ketones is 1. The lowest BCUT2D eigenvalue weighted by molar-refractivity contribution is -0.178. The first-order valence-electron chi connectivity index (χ1n) is 22.1. The van der Waals surface area contributed by atoms with Crippen molar-refractivity contribution in [1.82, 2.24) is 5.32 Å². The molecule has 4 saturated carbocycles. The molecule has 0 amide bonds. The summed E-state index contributed by atoms with van der Waals surface area (Å²) in [5.41, 5.74) is 3.20. The van der Waals surface area contributed by atoms with Crippen LogP contribution in [0.1, 0.15) is 157 Å². The highest BCUT2D eigenvalue weighted by atomic mass is 16.6. The Balaban J connectivity index is 1.10. The second-order valence-corrected chi connectivity index (χ2v) is 21.7. The molecule has 7 N–H and O–H groups in total. The predicted octanol–water partition coefficient (Wildman–Crippen LogP) is 6.56. The van der Waals surface area contributed by atoms with Crippen LogP contribution in [0.3, 0.4) is 0 Å². The van der Waals surface area contributed by atoms with Crippen molar-refractivity contribution < 1.29 is 30.0 Å². The second-order valence-electron chi connectivity index (χ2n) is 21.7. The van der Waals surface area contributed by atoms with Crippen molar-refractivity contribution in [1.29, 1.82) is 0 Å². The van der Waals surface area contributed by atoms with Gasteiger partial charge in [-0.05, 0) is 155 Å². The summed E-state index contributed by atoms with van der Waals surface area (Å²) in [5, 5.41) is 53.0. The number of rotatable bonds is 10. The van der Waals surface area contributed by atoms with Crippen molar-refractivity contribution in [3.05, 3.63) is 11.1 Å². The summed E-state index contributed by atoms with van der Waals surface area (Å²) in [5.74, 6) is 1.44. The van der Waals surface area contributed by atoms with Gasteiger partial charge in [0.15, 0.2) is 5.78 Å². The largest absolute Gasteiger partial charge is 0.393 e. The van der Waals surface area contributed by atoms with Gasteiger partial charge >= 0.3 is 0 Å². The van der Waals surface area contributed by atoms with Gasteiger partial charge in [-0.3, -0.25) is 4.79 Å². The first-order chi connectivity index (χ1) is 24.9. The van der Waals surface area contributed by atoms with Crippen LogP contribution in [-0.2, 0) is 9.53 Å². The lowest BCUT2D eigenvalue weighted by atomic mass is 9.40. The van der Waals surface area contributed by atoms with Crippen LogP contribution in [0.2, 0.25) is 0 Å². The number of hydrogen-bond acceptors (Lipinski definition) is 8. The average molecular weight is 739 g/mol. The summed E-state index contributed by atoms with van der Waals surface area (Å²) in [6, 6.07) is 0. The van der Waals surface area contributed by atoms with E-state index in [1.165, 1.54) is 38.5 Å². The van der Waals surface area contributed by atoms with Gasteiger partial charge in [-0.1, -0.05) is 66.2 Å². The van der Waals surface area contributed by atoms with E-state index >= 15 is 0 Å². The van der Waals surface area contributed by atoms with Gasteiger partial charge in [0, 0.05) is 11.3 Å². The molecular formula is C45H74N2O6. The second kappa shape index (κ2) is 13.3. The fraction of sp³-hybridized carbons (Fsp3) is 0.933. The van der Waals surface area contributed by atoms with E-state index in [0.29, 0.717) is 37.5 Å². The van der Waals surface area contributed by atoms with E-state index in [-0.39, 0.29) is 41.0 Å². The molecule has 2 heterocycles. The monoisotopic (exact) mass is 739 g/mol. The maximum Gasteiger partial charge on any atom is 0.162 e. The lowest BCUT2D eigenvalue weighted by Crippen LogP contribution is -2.66. The number of fused-ring (bicyclic) bond motifs is 2. The number of aliphatic hydroxyl groups is 4. The van der Waals surface area contributed by atoms with E-state index in [1.54, 1.807) is 0 Å². The summed E-state index contributed by atoms with van der Waals surface area (Å²) in [6.45, 7) is 13.6. The van der Waals surface area contributed by atoms with Crippen LogP contribution in [0.5, 0.6) is 0 Å². The van der Waals surface area contributed by atoms with Gasteiger partial charge in [0.05, 0.1) is 29.1 Å². The molecule has 2 unspecified atom stereocenters. The first-order valence-corrected chi connectivity index (χ1v) is 22.1. The third-order valence-electron chi connectivity index (χ3n) is 18.4. The Bertz CT molecular complexity index is 1450. The van der Waals surface area contributed by atoms with Crippen LogP contribution in [0, 0.1) is 57.7 Å². The number of carbonyl (C=O) groups excluding carboxylic acids is 1. The van der Waals surface area contributed by atoms with Crippen LogP contribution in [0.15, 0.2) is 11.1 Å². The number of ether oxygens (including phenoxy) is 1. The minimum Gasteiger partial charge on any atom is -0.393 e. The van der Waals surface area contributed by atoms with Gasteiger partial charge < -0.3 is 36.2 Å². The van der Waals surface area contributed by atoms with Gasteiger partial charge in [-0.2, -0.15) is 0 Å². The fourth-order valence-corrected chi connectivity index (χ4v) is 14.8. The van der Waals surface area contributed by atoms with E-state index in [9.17, 15) is 25.2 Å². The molecule has 0 radical (unpaired) electrons. The predicted molar refractivity (Wildman–Crippen MR) is 206 cm³/mol. The molecule has 2 aliphatic heterocycles. The molecule has 300 valence electrons. The van der Waals surface area contributed by atoms with Crippen molar-refractivity contribution in [2.75, 3.05) is 6.54 Å². The first kappa shape index (κ1) is 39.0. The standard InChI is InChI=1S/C45H74N2O6/c1-40(2,19-16-27-18-21-47-34(46)22-27)44(6,51)39-38(53-39)43(5,50)33-23-29-14-15-31-36-35(41(3)20-17-30(48)24-32(41)37(31)49)28(25-42(33,4)45(29,36)52)13-12-26-10-8-7-9-11-26/h26-30,32-35,38-39,47-48,50-52H,7-25,46H2,1-6H3/t27?,28-,29+,30+,32+,33+,34?,35+,38-,39+,41+,42+,43-,44+,45-/m1/s1. The van der Waals surface area contributed by atoms with Gasteiger partial charge in [0.2, 0.25) is 0 Å². The fourth-order valence-electron chi connectivity index (χ4n) is 14.8. The molecule has 8 heteroatoms. The molecular weight excluding hydrogens is 665 g/mol. The van der Waals surface area contributed by atoms with Gasteiger partial charge in [0.25, 0.3) is 0 Å². The minimum absolute atomic E-state index is 0.0304. The number of carbonyl (C=O) groups is 1. The van der Waals surface area contributed by atoms with Crippen molar-refractivity contribution in [3.8, 4) is 0 Å². The highest BCUT2D eigenvalue weighted by Gasteiger charge is 2.77. The number of hydrogen-bond donors (Lipinski definition) is 6. The Morgan fingerprint density at radius 2 is 1.64 bits per heavy atom. The van der Waals surface area contributed by atoms with Gasteiger partial charge in [-0.15, -0.1) is 0 Å². The van der Waals surface area contributed by atoms with Crippen LogP contribution >= 0.6 is 0 Å². The van der Waals surface area contributed by atoms with Gasteiger partial charge in [0.1, 0.15) is 12.2 Å². The molecule has 8 rings (SSSR count). The summed E-state index contributed by atoms with van der Waals surface area (Å²) >= 11 is 0. The summed E-state index contributed by atoms with van der Waals surface area (Å²) in [6.07, 6.45) is 16.4. The average Bonchev–Trinajstić information content (AvgIpc) is 3.90. The maximum absolute atomic E-state index is 14.6. The highest BCUT2D eigenvalue weighted by Crippen LogP contribution is 2.75. The Morgan fingerprint density at radius 3 is 2.36 bits per heavy atom. The zero-order valence-electron chi connectivity index (χ0n) is 34.0. The van der Waals surface area contributed by atoms with Crippen LogP contribution in [-0.4, -0.2) is 74.0 Å². The van der Waals surface area contributed by atoms with E-state index in [4.69, 9.17) is 10.5 Å². The summed E-state index contributed by atoms with van der Waals surface area (Å²) < 4.78 is 6.46. The number of allylic oxidation sites excluding steroid dienone is 1. The Hall–Kier alpha value is -0.870. The molecule has 8 nitrogen and oxygen atoms in total. The normalized spacial score (nSPS) is 48.1. The lowest BCUT2D eigenvalue weighted by Gasteiger charge is -2.65. The molecule has 2 saturated heterocycles. The molecule has 0 aromatic rings.